The van der Waals surface area contributed by atoms with Crippen molar-refractivity contribution in [3.05, 3.63) is 34.9 Å². The largest absolute Gasteiger partial charge is 0.462 e. The summed E-state index contributed by atoms with van der Waals surface area (Å²) < 4.78 is 16.5. The summed E-state index contributed by atoms with van der Waals surface area (Å²) in [5.41, 5.74) is 0.437. The summed E-state index contributed by atoms with van der Waals surface area (Å²) >= 11 is 0. The van der Waals surface area contributed by atoms with E-state index in [9.17, 15) is 14.4 Å². The highest BCUT2D eigenvalue weighted by Crippen LogP contribution is 2.18. The van der Waals surface area contributed by atoms with Crippen LogP contribution in [0.15, 0.2) is 18.2 Å². The van der Waals surface area contributed by atoms with Gasteiger partial charge in [-0.25, -0.2) is 14.4 Å². The maximum absolute atomic E-state index is 13.1. The lowest BCUT2D eigenvalue weighted by molar-refractivity contribution is 0.0448. The summed E-state index contributed by atoms with van der Waals surface area (Å²) in [5, 5.41) is 0. The number of ether oxygens (including phenoxy) is 3. The zero-order chi connectivity index (χ0) is 31.4. The van der Waals surface area contributed by atoms with Crippen molar-refractivity contribution in [2.45, 2.75) is 162 Å². The Hall–Kier alpha value is -2.37. The zero-order valence-corrected chi connectivity index (χ0v) is 27.9. The number of carbonyl (C=O) groups excluding carboxylic acids is 3. The first kappa shape index (κ1) is 38.7. The topological polar surface area (TPSA) is 78.9 Å². The van der Waals surface area contributed by atoms with Crippen molar-refractivity contribution >= 4 is 17.9 Å². The highest BCUT2D eigenvalue weighted by molar-refractivity contribution is 6.05. The lowest BCUT2D eigenvalue weighted by Crippen LogP contribution is -2.17. The first-order chi connectivity index (χ1) is 21.0. The Morgan fingerprint density at radius 1 is 0.419 bits per heavy atom. The number of esters is 3. The van der Waals surface area contributed by atoms with Gasteiger partial charge in [-0.3, -0.25) is 0 Å². The maximum Gasteiger partial charge on any atom is 0.339 e. The van der Waals surface area contributed by atoms with Crippen molar-refractivity contribution in [3.63, 3.8) is 0 Å². The van der Waals surface area contributed by atoms with E-state index in [0.29, 0.717) is 13.2 Å². The third-order valence-corrected chi connectivity index (χ3v) is 7.89. The molecule has 6 heteroatoms. The smallest absolute Gasteiger partial charge is 0.339 e. The summed E-state index contributed by atoms with van der Waals surface area (Å²) in [5.74, 6) is -1.66. The molecule has 43 heavy (non-hydrogen) atoms. The normalized spacial score (nSPS) is 11.0. The summed E-state index contributed by atoms with van der Waals surface area (Å²) in [6, 6.07) is 4.45. The first-order valence-corrected chi connectivity index (χ1v) is 17.7. The molecule has 6 nitrogen and oxygen atoms in total. The lowest BCUT2D eigenvalue weighted by atomic mass is 10.0. The molecule has 0 saturated carbocycles. The molecule has 0 heterocycles. The van der Waals surface area contributed by atoms with Crippen molar-refractivity contribution in [2.75, 3.05) is 19.8 Å². The minimum Gasteiger partial charge on any atom is -0.462 e. The van der Waals surface area contributed by atoms with E-state index in [4.69, 9.17) is 14.2 Å². The number of carbonyl (C=O) groups is 3. The van der Waals surface area contributed by atoms with Crippen molar-refractivity contribution in [1.29, 1.82) is 0 Å². The van der Waals surface area contributed by atoms with Gasteiger partial charge in [0.05, 0.1) is 36.5 Å². The zero-order valence-electron chi connectivity index (χ0n) is 27.9. The van der Waals surface area contributed by atoms with Crippen LogP contribution in [-0.2, 0) is 14.2 Å². The van der Waals surface area contributed by atoms with Crippen molar-refractivity contribution < 1.29 is 28.6 Å². The van der Waals surface area contributed by atoms with Gasteiger partial charge in [0.2, 0.25) is 0 Å². The van der Waals surface area contributed by atoms with E-state index in [1.807, 2.05) is 0 Å². The Balaban J connectivity index is 2.65. The fourth-order valence-electron chi connectivity index (χ4n) is 5.11. The minimum atomic E-state index is -0.604. The van der Waals surface area contributed by atoms with E-state index in [2.05, 4.69) is 20.8 Å². The van der Waals surface area contributed by atoms with Gasteiger partial charge in [-0.15, -0.1) is 0 Å². The summed E-state index contributed by atoms with van der Waals surface area (Å²) in [6.07, 6.45) is 25.0. The van der Waals surface area contributed by atoms with Gasteiger partial charge in [-0.2, -0.15) is 0 Å². The Bertz CT molecular complexity index is 865. The third-order valence-electron chi connectivity index (χ3n) is 7.89. The number of hydrogen-bond acceptors (Lipinski definition) is 6. The molecule has 0 radical (unpaired) electrons. The van der Waals surface area contributed by atoms with Crippen LogP contribution in [0.4, 0.5) is 0 Å². The fourth-order valence-corrected chi connectivity index (χ4v) is 5.11. The number of benzene rings is 1. The van der Waals surface area contributed by atoms with E-state index in [-0.39, 0.29) is 23.3 Å². The molecule has 246 valence electrons. The second kappa shape index (κ2) is 27.2. The predicted molar refractivity (Wildman–Crippen MR) is 176 cm³/mol. The standard InChI is InChI=1S/C37H62O6/c1-4-7-10-13-16-18-21-23-28-41-35(38)32-26-27-33(36(39)42-29-24-20-15-12-9-6-3)34(31-32)37(40)43-30-25-22-19-17-14-11-8-5-2/h26-27,31H,4-25,28-30H2,1-3H3. The SMILES string of the molecule is CCCCCCCCCCOC(=O)c1ccc(C(=O)OCCCCCCCC)c(C(=O)OCCCCCCCCCC)c1. The molecule has 0 aliphatic carbocycles. The highest BCUT2D eigenvalue weighted by atomic mass is 16.5. The van der Waals surface area contributed by atoms with Gasteiger partial charge in [0, 0.05) is 0 Å². The molecule has 0 atom stereocenters. The molecule has 0 spiro atoms. The van der Waals surface area contributed by atoms with E-state index >= 15 is 0 Å². The van der Waals surface area contributed by atoms with E-state index in [1.54, 1.807) is 0 Å². The average molecular weight is 603 g/mol. The van der Waals surface area contributed by atoms with Crippen LogP contribution in [0.1, 0.15) is 193 Å². The van der Waals surface area contributed by atoms with Crippen LogP contribution < -0.4 is 0 Å². The second-order valence-electron chi connectivity index (χ2n) is 11.9. The molecule has 0 aliphatic rings. The van der Waals surface area contributed by atoms with Crippen LogP contribution in [0.25, 0.3) is 0 Å². The first-order valence-electron chi connectivity index (χ1n) is 17.7. The molecule has 0 saturated heterocycles. The monoisotopic (exact) mass is 602 g/mol. The molecule has 0 unspecified atom stereocenters. The molecule has 0 aliphatic heterocycles. The van der Waals surface area contributed by atoms with Crippen molar-refractivity contribution in [2.24, 2.45) is 0 Å². The highest BCUT2D eigenvalue weighted by Gasteiger charge is 2.22. The Morgan fingerprint density at radius 3 is 1.14 bits per heavy atom. The molecular formula is C37H62O6. The Labute approximate surface area is 263 Å². The summed E-state index contributed by atoms with van der Waals surface area (Å²) in [6.45, 7) is 7.55. The lowest BCUT2D eigenvalue weighted by Gasteiger charge is -2.12. The van der Waals surface area contributed by atoms with Crippen molar-refractivity contribution in [1.82, 2.24) is 0 Å². The summed E-state index contributed by atoms with van der Waals surface area (Å²) in [4.78, 5) is 38.8. The van der Waals surface area contributed by atoms with Gasteiger partial charge in [0.1, 0.15) is 0 Å². The molecule has 1 aromatic rings. The van der Waals surface area contributed by atoms with Crippen LogP contribution in [-0.4, -0.2) is 37.7 Å². The van der Waals surface area contributed by atoms with E-state index < -0.39 is 17.9 Å². The molecule has 0 amide bonds. The molecule has 0 aromatic heterocycles. The van der Waals surface area contributed by atoms with E-state index in [0.717, 1.165) is 57.8 Å². The maximum atomic E-state index is 13.1. The van der Waals surface area contributed by atoms with Gasteiger partial charge >= 0.3 is 17.9 Å². The van der Waals surface area contributed by atoms with Gasteiger partial charge < -0.3 is 14.2 Å². The third kappa shape index (κ3) is 19.5. The van der Waals surface area contributed by atoms with Crippen LogP contribution in [0, 0.1) is 0 Å². The summed E-state index contributed by atoms with van der Waals surface area (Å²) in [7, 11) is 0. The quantitative estimate of drug-likeness (QED) is 0.0539. The number of unbranched alkanes of at least 4 members (excludes halogenated alkanes) is 19. The molecule has 0 N–H and O–H groups in total. The van der Waals surface area contributed by atoms with Gasteiger partial charge in [-0.1, -0.05) is 143 Å². The van der Waals surface area contributed by atoms with Crippen LogP contribution in [0.2, 0.25) is 0 Å². The van der Waals surface area contributed by atoms with Crippen LogP contribution >= 0.6 is 0 Å². The van der Waals surface area contributed by atoms with Crippen molar-refractivity contribution in [3.8, 4) is 0 Å². The Morgan fingerprint density at radius 2 is 0.744 bits per heavy atom. The Kier molecular flexibility index (Phi) is 24.4. The molecule has 0 bridgehead atoms. The molecule has 0 fully saturated rings. The molecular weight excluding hydrogens is 540 g/mol. The average Bonchev–Trinajstić information content (AvgIpc) is 3.02. The van der Waals surface area contributed by atoms with Gasteiger partial charge in [-0.05, 0) is 37.5 Å². The predicted octanol–water partition coefficient (Wildman–Crippen LogP) is 10.8. The molecule has 1 aromatic carbocycles. The number of rotatable bonds is 28. The van der Waals surface area contributed by atoms with Crippen LogP contribution in [0.5, 0.6) is 0 Å². The number of hydrogen-bond donors (Lipinski definition) is 0. The van der Waals surface area contributed by atoms with Gasteiger partial charge in [0.25, 0.3) is 0 Å². The minimum absolute atomic E-state index is 0.0639. The van der Waals surface area contributed by atoms with Crippen LogP contribution in [0.3, 0.4) is 0 Å². The molecule has 1 rings (SSSR count). The fraction of sp³-hybridized carbons (Fsp3) is 0.757. The second-order valence-corrected chi connectivity index (χ2v) is 11.9. The van der Waals surface area contributed by atoms with Gasteiger partial charge in [0.15, 0.2) is 0 Å². The van der Waals surface area contributed by atoms with E-state index in [1.165, 1.54) is 102 Å².